The van der Waals surface area contributed by atoms with Crippen LogP contribution in [-0.4, -0.2) is 62.8 Å². The normalized spacial score (nSPS) is 25.2. The average Bonchev–Trinajstić information content (AvgIpc) is 3.35. The minimum absolute atomic E-state index is 0.181. The number of aliphatic imine (C=N–C) groups is 1. The molecule has 1 aromatic carbocycles. The summed E-state index contributed by atoms with van der Waals surface area (Å²) in [7, 11) is 0. The summed E-state index contributed by atoms with van der Waals surface area (Å²) >= 11 is 6.21. The minimum atomic E-state index is 0.181. The van der Waals surface area contributed by atoms with Gasteiger partial charge in [-0.25, -0.2) is 0 Å². The van der Waals surface area contributed by atoms with E-state index in [-0.39, 0.29) is 5.41 Å². The first-order valence-electron chi connectivity index (χ1n) is 11.3. The first kappa shape index (κ1) is 21.0. The highest BCUT2D eigenvalue weighted by Crippen LogP contribution is 2.48. The van der Waals surface area contributed by atoms with Crippen LogP contribution in [-0.2, 0) is 10.2 Å². The first-order valence-corrected chi connectivity index (χ1v) is 11.7. The highest BCUT2D eigenvalue weighted by Gasteiger charge is 2.44. The summed E-state index contributed by atoms with van der Waals surface area (Å²) in [6.07, 6.45) is 5.97. The van der Waals surface area contributed by atoms with Gasteiger partial charge in [0.1, 0.15) is 0 Å². The van der Waals surface area contributed by atoms with E-state index in [2.05, 4.69) is 40.7 Å². The second-order valence-electron chi connectivity index (χ2n) is 8.93. The fourth-order valence-corrected chi connectivity index (χ4v) is 4.79. The predicted molar refractivity (Wildman–Crippen MR) is 120 cm³/mol. The second kappa shape index (κ2) is 9.67. The maximum absolute atomic E-state index is 6.21. The smallest absolute Gasteiger partial charge is 0.191 e. The summed E-state index contributed by atoms with van der Waals surface area (Å²) in [5, 5.41) is 7.96. The largest absolute Gasteiger partial charge is 0.381 e. The van der Waals surface area contributed by atoms with E-state index in [0.29, 0.717) is 6.04 Å². The van der Waals surface area contributed by atoms with E-state index in [0.717, 1.165) is 43.2 Å². The lowest BCUT2D eigenvalue weighted by atomic mass is 9.96. The van der Waals surface area contributed by atoms with E-state index in [1.807, 2.05) is 6.07 Å². The van der Waals surface area contributed by atoms with Crippen LogP contribution in [0, 0.1) is 5.92 Å². The lowest BCUT2D eigenvalue weighted by molar-refractivity contribution is 0.150. The number of benzene rings is 1. The van der Waals surface area contributed by atoms with E-state index < -0.39 is 0 Å². The number of rotatable bonds is 7. The van der Waals surface area contributed by atoms with Crippen molar-refractivity contribution >= 4 is 17.6 Å². The third-order valence-electron chi connectivity index (χ3n) is 6.64. The SMILES string of the molecule is CCNC(=NCC1(c2cccc(Cl)c2)CC1)NC1CCN(CC2CCOC2)CC1. The molecule has 0 aromatic heterocycles. The van der Waals surface area contributed by atoms with Crippen molar-refractivity contribution in [1.29, 1.82) is 0 Å². The van der Waals surface area contributed by atoms with Gasteiger partial charge in [-0.2, -0.15) is 0 Å². The highest BCUT2D eigenvalue weighted by atomic mass is 35.5. The van der Waals surface area contributed by atoms with E-state index in [4.69, 9.17) is 21.3 Å². The molecule has 4 rings (SSSR count). The Balaban J connectivity index is 1.29. The van der Waals surface area contributed by atoms with E-state index in [9.17, 15) is 0 Å². The number of ether oxygens (including phenoxy) is 1. The van der Waals surface area contributed by atoms with Gasteiger partial charge in [-0.3, -0.25) is 4.99 Å². The van der Waals surface area contributed by atoms with Gasteiger partial charge < -0.3 is 20.3 Å². The molecule has 1 aromatic rings. The number of piperidine rings is 1. The summed E-state index contributed by atoms with van der Waals surface area (Å²) in [5.74, 6) is 1.70. The van der Waals surface area contributed by atoms with Gasteiger partial charge in [-0.05, 0) is 62.6 Å². The van der Waals surface area contributed by atoms with E-state index in [1.165, 1.54) is 57.3 Å². The summed E-state index contributed by atoms with van der Waals surface area (Å²) in [5.41, 5.74) is 1.51. The molecule has 0 amide bonds. The van der Waals surface area contributed by atoms with Crippen LogP contribution in [0.3, 0.4) is 0 Å². The fraction of sp³-hybridized carbons (Fsp3) is 0.696. The molecular weight excluding hydrogens is 384 g/mol. The molecule has 3 fully saturated rings. The second-order valence-corrected chi connectivity index (χ2v) is 9.37. The van der Waals surface area contributed by atoms with Gasteiger partial charge in [-0.15, -0.1) is 0 Å². The van der Waals surface area contributed by atoms with Crippen molar-refractivity contribution < 1.29 is 4.74 Å². The van der Waals surface area contributed by atoms with Crippen molar-refractivity contribution in [1.82, 2.24) is 15.5 Å². The number of nitrogens with one attached hydrogen (secondary N) is 2. The standard InChI is InChI=1S/C23H35ClN4O/c1-2-25-22(26-17-23(9-10-23)19-4-3-5-20(24)14-19)27-21-6-11-28(12-7-21)15-18-8-13-29-16-18/h3-5,14,18,21H,2,6-13,15-17H2,1H3,(H2,25,26,27). The Morgan fingerprint density at radius 2 is 2.10 bits per heavy atom. The Labute approximate surface area is 180 Å². The van der Waals surface area contributed by atoms with Crippen LogP contribution in [0.1, 0.15) is 44.6 Å². The maximum Gasteiger partial charge on any atom is 0.191 e. The molecular formula is C23H35ClN4O. The van der Waals surface area contributed by atoms with Gasteiger partial charge >= 0.3 is 0 Å². The van der Waals surface area contributed by atoms with Crippen LogP contribution < -0.4 is 10.6 Å². The molecule has 5 nitrogen and oxygen atoms in total. The fourth-order valence-electron chi connectivity index (χ4n) is 4.60. The zero-order valence-electron chi connectivity index (χ0n) is 17.6. The van der Waals surface area contributed by atoms with Crippen LogP contribution in [0.25, 0.3) is 0 Å². The topological polar surface area (TPSA) is 48.9 Å². The van der Waals surface area contributed by atoms with Crippen LogP contribution in [0.5, 0.6) is 0 Å². The Morgan fingerprint density at radius 3 is 2.76 bits per heavy atom. The van der Waals surface area contributed by atoms with Crippen LogP contribution >= 0.6 is 11.6 Å². The van der Waals surface area contributed by atoms with Gasteiger partial charge in [-0.1, -0.05) is 23.7 Å². The van der Waals surface area contributed by atoms with Gasteiger partial charge in [0, 0.05) is 49.3 Å². The predicted octanol–water partition coefficient (Wildman–Crippen LogP) is 3.43. The van der Waals surface area contributed by atoms with Crippen LogP contribution in [0.15, 0.2) is 29.3 Å². The molecule has 1 saturated carbocycles. The maximum atomic E-state index is 6.21. The van der Waals surface area contributed by atoms with Crippen molar-refractivity contribution in [3.8, 4) is 0 Å². The Morgan fingerprint density at radius 1 is 1.28 bits per heavy atom. The summed E-state index contributed by atoms with van der Waals surface area (Å²) in [6.45, 7) is 9.27. The lowest BCUT2D eigenvalue weighted by Crippen LogP contribution is -2.49. The molecule has 2 saturated heterocycles. The Kier molecular flexibility index (Phi) is 6.99. The summed E-state index contributed by atoms with van der Waals surface area (Å²) in [4.78, 5) is 7.58. The number of guanidine groups is 1. The molecule has 160 valence electrons. The van der Waals surface area contributed by atoms with Crippen molar-refractivity contribution in [2.24, 2.45) is 10.9 Å². The first-order chi connectivity index (χ1) is 14.2. The van der Waals surface area contributed by atoms with Gasteiger partial charge in [0.25, 0.3) is 0 Å². The number of nitrogens with zero attached hydrogens (tertiary/aromatic N) is 2. The highest BCUT2D eigenvalue weighted by molar-refractivity contribution is 6.30. The quantitative estimate of drug-likeness (QED) is 0.526. The van der Waals surface area contributed by atoms with Gasteiger partial charge in [0.05, 0.1) is 13.2 Å². The molecule has 29 heavy (non-hydrogen) atoms. The van der Waals surface area contributed by atoms with Crippen molar-refractivity contribution in [3.05, 3.63) is 34.9 Å². The van der Waals surface area contributed by atoms with Gasteiger partial charge in [0.2, 0.25) is 0 Å². The molecule has 0 spiro atoms. The third kappa shape index (κ3) is 5.65. The third-order valence-corrected chi connectivity index (χ3v) is 6.88. The zero-order valence-corrected chi connectivity index (χ0v) is 18.4. The van der Waals surface area contributed by atoms with Gasteiger partial charge in [0.15, 0.2) is 5.96 Å². The number of likely N-dealkylation sites (tertiary alicyclic amines) is 1. The molecule has 1 atom stereocenters. The zero-order chi connectivity index (χ0) is 20.1. The number of hydrogen-bond donors (Lipinski definition) is 2. The number of halogens is 1. The summed E-state index contributed by atoms with van der Waals surface area (Å²) < 4.78 is 5.53. The van der Waals surface area contributed by atoms with Crippen LogP contribution in [0.2, 0.25) is 5.02 Å². The molecule has 1 aliphatic carbocycles. The molecule has 0 radical (unpaired) electrons. The lowest BCUT2D eigenvalue weighted by Gasteiger charge is -2.34. The minimum Gasteiger partial charge on any atom is -0.381 e. The average molecular weight is 419 g/mol. The van der Waals surface area contributed by atoms with Crippen molar-refractivity contribution in [2.75, 3.05) is 45.9 Å². The molecule has 2 aliphatic heterocycles. The number of hydrogen-bond acceptors (Lipinski definition) is 3. The molecule has 2 heterocycles. The molecule has 2 N–H and O–H groups in total. The molecule has 6 heteroatoms. The van der Waals surface area contributed by atoms with E-state index >= 15 is 0 Å². The van der Waals surface area contributed by atoms with Crippen molar-refractivity contribution in [3.63, 3.8) is 0 Å². The summed E-state index contributed by atoms with van der Waals surface area (Å²) in [6, 6.07) is 8.80. The molecule has 3 aliphatic rings. The molecule has 1 unspecified atom stereocenters. The Hall–Kier alpha value is -1.30. The monoisotopic (exact) mass is 418 g/mol. The van der Waals surface area contributed by atoms with Crippen molar-refractivity contribution in [2.45, 2.75) is 50.5 Å². The Bertz CT molecular complexity index is 692. The van der Waals surface area contributed by atoms with Crippen LogP contribution in [0.4, 0.5) is 0 Å². The van der Waals surface area contributed by atoms with E-state index in [1.54, 1.807) is 0 Å². The molecule has 0 bridgehead atoms.